The van der Waals surface area contributed by atoms with Crippen molar-refractivity contribution >= 4 is 11.5 Å². The summed E-state index contributed by atoms with van der Waals surface area (Å²) in [6.07, 6.45) is 16.4. The molecule has 2 heterocycles. The minimum absolute atomic E-state index is 0.302. The van der Waals surface area contributed by atoms with Crippen molar-refractivity contribution in [2.45, 2.75) is 83.7 Å². The number of amidine groups is 1. The van der Waals surface area contributed by atoms with Crippen LogP contribution < -0.4 is 16.1 Å². The van der Waals surface area contributed by atoms with Gasteiger partial charge in [-0.15, -0.1) is 0 Å². The van der Waals surface area contributed by atoms with Crippen LogP contribution in [0.3, 0.4) is 0 Å². The first kappa shape index (κ1) is 24.8. The number of nitrogens with zero attached hydrogens (tertiary/aromatic N) is 3. The molecule has 0 amide bonds. The number of nitrogens with one attached hydrogen (secondary N) is 2. The van der Waals surface area contributed by atoms with Gasteiger partial charge < -0.3 is 19.6 Å². The number of nitrogens with two attached hydrogens (primary N) is 1. The second kappa shape index (κ2) is 13.7. The molecule has 1 aliphatic rings. The Morgan fingerprint density at radius 2 is 1.58 bits per heavy atom. The van der Waals surface area contributed by atoms with Crippen molar-refractivity contribution in [2.24, 2.45) is 10.7 Å². The van der Waals surface area contributed by atoms with E-state index in [9.17, 15) is 0 Å². The van der Waals surface area contributed by atoms with E-state index < -0.39 is 0 Å². The maximum atomic E-state index is 8.41. The fourth-order valence-electron chi connectivity index (χ4n) is 4.25. The predicted octanol–water partition coefficient (Wildman–Crippen LogP) is 4.88. The summed E-state index contributed by atoms with van der Waals surface area (Å²) in [5.41, 5.74) is 8.33. The van der Waals surface area contributed by atoms with Crippen LogP contribution in [0.1, 0.15) is 76.2 Å². The average Bonchev–Trinajstić information content (AvgIpc) is 3.18. The topological polar surface area (TPSA) is 105 Å². The van der Waals surface area contributed by atoms with Crippen LogP contribution in [0, 0.1) is 10.8 Å². The average molecular weight is 453 g/mol. The van der Waals surface area contributed by atoms with Crippen LogP contribution in [-0.4, -0.2) is 33.8 Å². The Morgan fingerprint density at radius 1 is 0.909 bits per heavy atom. The minimum Gasteiger partial charge on any atom is -0.492 e. The van der Waals surface area contributed by atoms with Gasteiger partial charge >= 0.3 is 0 Å². The lowest BCUT2D eigenvalue weighted by atomic mass is 10.0. The Hall–Kier alpha value is -2.83. The fraction of sp³-hybridized carbons (Fsp3) is 0.577. The molecule has 0 unspecified atom stereocenters. The Kier molecular flexibility index (Phi) is 10.3. The van der Waals surface area contributed by atoms with Crippen LogP contribution in [0.2, 0.25) is 0 Å². The molecule has 4 N–H and O–H groups in total. The molecule has 7 nitrogen and oxygen atoms in total. The van der Waals surface area contributed by atoms with Gasteiger partial charge in [-0.2, -0.15) is 0 Å². The van der Waals surface area contributed by atoms with Gasteiger partial charge in [0.15, 0.2) is 0 Å². The van der Waals surface area contributed by atoms with Crippen LogP contribution >= 0.6 is 0 Å². The largest absolute Gasteiger partial charge is 0.492 e. The Morgan fingerprint density at radius 3 is 2.24 bits per heavy atom. The summed E-state index contributed by atoms with van der Waals surface area (Å²) in [7, 11) is 0. The molecule has 0 radical (unpaired) electrons. The first-order chi connectivity index (χ1) is 16.1. The number of benzene rings is 1. The molecule has 33 heavy (non-hydrogen) atoms. The number of unbranched alkanes of at least 4 members (excludes halogenated alkanes) is 6. The zero-order valence-corrected chi connectivity index (χ0v) is 19.9. The third-order valence-corrected chi connectivity index (χ3v) is 6.23. The van der Waals surface area contributed by atoms with E-state index in [-0.39, 0.29) is 0 Å². The van der Waals surface area contributed by atoms with Crippen LogP contribution in [-0.2, 0) is 13.1 Å². The van der Waals surface area contributed by atoms with Crippen molar-refractivity contribution < 1.29 is 4.74 Å². The summed E-state index contributed by atoms with van der Waals surface area (Å²) in [6, 6.07) is 8.25. The standard InChI is InChI=1S/C26H40N6O/c27-25(28)11-6-4-2-1-3-5-9-17-31-18-19-32(26(31)29)20-21-33-23-14-12-22(13-15-23)24-10-7-8-16-30-24/h12-15,18-19,29H,1-11,16-17,20-21H2,(H3,27,28). The van der Waals surface area contributed by atoms with Gasteiger partial charge in [0, 0.05) is 37.6 Å². The molecule has 0 aliphatic carbocycles. The van der Waals surface area contributed by atoms with Crippen molar-refractivity contribution in [3.05, 3.63) is 47.8 Å². The minimum atomic E-state index is 0.302. The van der Waals surface area contributed by atoms with Gasteiger partial charge in [0.1, 0.15) is 12.4 Å². The second-order valence-corrected chi connectivity index (χ2v) is 8.92. The van der Waals surface area contributed by atoms with Gasteiger partial charge in [0.2, 0.25) is 5.62 Å². The molecule has 0 spiro atoms. The number of imidazole rings is 1. The molecule has 0 bridgehead atoms. The van der Waals surface area contributed by atoms with Gasteiger partial charge in [-0.25, -0.2) is 0 Å². The summed E-state index contributed by atoms with van der Waals surface area (Å²) >= 11 is 0. The third kappa shape index (κ3) is 8.56. The van der Waals surface area contributed by atoms with Crippen molar-refractivity contribution in [3.8, 4) is 5.75 Å². The number of hydrogen-bond acceptors (Lipinski definition) is 4. The maximum Gasteiger partial charge on any atom is 0.202 e. The molecule has 3 rings (SSSR count). The molecule has 1 aromatic heterocycles. The van der Waals surface area contributed by atoms with Gasteiger partial charge in [-0.1, -0.05) is 32.1 Å². The van der Waals surface area contributed by atoms with Crippen molar-refractivity contribution in [3.63, 3.8) is 0 Å². The van der Waals surface area contributed by atoms with Gasteiger partial charge in [0.05, 0.1) is 12.4 Å². The van der Waals surface area contributed by atoms with Crippen molar-refractivity contribution in [1.29, 1.82) is 10.8 Å². The van der Waals surface area contributed by atoms with Crippen molar-refractivity contribution in [2.75, 3.05) is 13.2 Å². The van der Waals surface area contributed by atoms with Gasteiger partial charge in [0.25, 0.3) is 0 Å². The normalized spacial score (nSPS) is 13.6. The maximum absolute atomic E-state index is 8.41. The van der Waals surface area contributed by atoms with Crippen LogP contribution in [0.15, 0.2) is 41.7 Å². The zero-order valence-electron chi connectivity index (χ0n) is 19.9. The molecular formula is C26H40N6O. The number of aliphatic imine (C=N–C) groups is 1. The Labute approximate surface area is 197 Å². The summed E-state index contributed by atoms with van der Waals surface area (Å²) in [5.74, 6) is 1.17. The molecule has 7 heteroatoms. The third-order valence-electron chi connectivity index (χ3n) is 6.23. The highest BCUT2D eigenvalue weighted by molar-refractivity contribution is 6.00. The van der Waals surface area contributed by atoms with Gasteiger partial charge in [-0.3, -0.25) is 15.8 Å². The van der Waals surface area contributed by atoms with E-state index in [1.807, 2.05) is 33.7 Å². The highest BCUT2D eigenvalue weighted by Gasteiger charge is 2.08. The number of aryl methyl sites for hydroxylation is 1. The smallest absolute Gasteiger partial charge is 0.202 e. The lowest BCUT2D eigenvalue weighted by Gasteiger charge is -2.12. The van der Waals surface area contributed by atoms with E-state index in [1.54, 1.807) is 0 Å². The Balaban J connectivity index is 1.31. The Bertz CT molecular complexity index is 940. The molecule has 0 saturated carbocycles. The molecule has 1 aromatic carbocycles. The SMILES string of the molecule is N=C(N)CCCCCCCCCn1ccn(CCOc2ccc(C3=NCCCC3)cc2)c1=N. The molecule has 1 aliphatic heterocycles. The first-order valence-electron chi connectivity index (χ1n) is 12.5. The van der Waals surface area contributed by atoms with E-state index in [2.05, 4.69) is 17.1 Å². The monoisotopic (exact) mass is 452 g/mol. The van der Waals surface area contributed by atoms with E-state index in [0.29, 0.717) is 24.6 Å². The predicted molar refractivity (Wildman–Crippen MR) is 134 cm³/mol. The summed E-state index contributed by atoms with van der Waals surface area (Å²) in [6.45, 7) is 3.05. The van der Waals surface area contributed by atoms with E-state index in [4.69, 9.17) is 21.3 Å². The molecule has 0 fully saturated rings. The molecule has 0 saturated heterocycles. The quantitative estimate of drug-likeness (QED) is 0.204. The van der Waals surface area contributed by atoms with Crippen molar-refractivity contribution in [1.82, 2.24) is 9.13 Å². The number of hydrogen-bond donors (Lipinski definition) is 3. The molecule has 2 aromatic rings. The van der Waals surface area contributed by atoms with E-state index in [1.165, 1.54) is 49.8 Å². The van der Waals surface area contributed by atoms with Crippen LogP contribution in [0.4, 0.5) is 0 Å². The molecule has 0 atom stereocenters. The lowest BCUT2D eigenvalue weighted by Crippen LogP contribution is -2.26. The molecule has 180 valence electrons. The number of aromatic nitrogens is 2. The highest BCUT2D eigenvalue weighted by Crippen LogP contribution is 2.17. The fourth-order valence-corrected chi connectivity index (χ4v) is 4.25. The summed E-state index contributed by atoms with van der Waals surface area (Å²) in [5, 5.41) is 15.6. The lowest BCUT2D eigenvalue weighted by molar-refractivity contribution is 0.294. The van der Waals surface area contributed by atoms with E-state index >= 15 is 0 Å². The summed E-state index contributed by atoms with van der Waals surface area (Å²) < 4.78 is 9.88. The van der Waals surface area contributed by atoms with Gasteiger partial charge in [-0.05, 0) is 61.9 Å². The zero-order chi connectivity index (χ0) is 23.3. The number of rotatable bonds is 15. The summed E-state index contributed by atoms with van der Waals surface area (Å²) in [4.78, 5) is 4.63. The second-order valence-electron chi connectivity index (χ2n) is 8.92. The van der Waals surface area contributed by atoms with E-state index in [0.717, 1.165) is 50.9 Å². The molecular weight excluding hydrogens is 412 g/mol. The first-order valence-corrected chi connectivity index (χ1v) is 12.5. The van der Waals surface area contributed by atoms with Crippen LogP contribution in [0.25, 0.3) is 0 Å². The highest BCUT2D eigenvalue weighted by atomic mass is 16.5. The number of ether oxygens (including phenoxy) is 1. The van der Waals surface area contributed by atoms with Crippen LogP contribution in [0.5, 0.6) is 5.75 Å².